The Kier molecular flexibility index (Phi) is 3.25. The van der Waals surface area contributed by atoms with Gasteiger partial charge in [0.05, 0.1) is 0 Å². The summed E-state index contributed by atoms with van der Waals surface area (Å²) < 4.78 is 15.4. The fraction of sp³-hybridized carbons (Fsp3) is 0.353. The minimum absolute atomic E-state index is 0.291. The molecule has 0 spiro atoms. The molecule has 0 bridgehead atoms. The predicted octanol–water partition coefficient (Wildman–Crippen LogP) is 3.41. The predicted molar refractivity (Wildman–Crippen MR) is 87.3 cm³/mol. The van der Waals surface area contributed by atoms with E-state index in [1.807, 2.05) is 17.7 Å². The molecule has 1 aromatic carbocycles. The Morgan fingerprint density at radius 1 is 1.17 bits per heavy atom. The maximum atomic E-state index is 13.5. The Balaban J connectivity index is 1.88. The van der Waals surface area contributed by atoms with Crippen LogP contribution >= 0.6 is 0 Å². The van der Waals surface area contributed by atoms with Gasteiger partial charge < -0.3 is 10.3 Å². The van der Waals surface area contributed by atoms with Crippen molar-refractivity contribution in [1.29, 1.82) is 0 Å². The summed E-state index contributed by atoms with van der Waals surface area (Å²) in [6.45, 7) is 0. The zero-order chi connectivity index (χ0) is 16.0. The summed E-state index contributed by atoms with van der Waals surface area (Å²) >= 11 is 0. The second-order valence-corrected chi connectivity index (χ2v) is 6.13. The number of nitrogens with zero attached hydrogens (tertiary/aromatic N) is 4. The van der Waals surface area contributed by atoms with Crippen LogP contribution in [0.5, 0.6) is 0 Å². The third kappa shape index (κ3) is 2.34. The molecule has 0 atom stereocenters. The average molecular weight is 311 g/mol. The molecule has 23 heavy (non-hydrogen) atoms. The molecule has 4 rings (SSSR count). The number of benzene rings is 1. The lowest BCUT2D eigenvalue weighted by Crippen LogP contribution is -2.05. The zero-order valence-electron chi connectivity index (χ0n) is 13.0. The Bertz CT molecular complexity index is 880. The van der Waals surface area contributed by atoms with Gasteiger partial charge in [0.25, 0.3) is 0 Å². The number of fused-ring (bicyclic) bond motifs is 1. The van der Waals surface area contributed by atoms with E-state index in [1.54, 1.807) is 6.07 Å². The van der Waals surface area contributed by atoms with Crippen molar-refractivity contribution in [3.63, 3.8) is 0 Å². The standard InChI is InChI=1S/C17H18FN5/c1-23-16(11-7-4-8-12(18)9-11)20-13-14(19)21-15(22-17(13)23)10-5-2-3-6-10/h4,7-10H,2-3,5-6H2,1H3,(H2,19,21,22). The highest BCUT2D eigenvalue weighted by Crippen LogP contribution is 2.34. The molecule has 2 aromatic heterocycles. The molecule has 0 saturated heterocycles. The summed E-state index contributed by atoms with van der Waals surface area (Å²) in [5.74, 6) is 1.94. The summed E-state index contributed by atoms with van der Waals surface area (Å²) in [4.78, 5) is 13.7. The first-order valence-corrected chi connectivity index (χ1v) is 7.89. The van der Waals surface area contributed by atoms with E-state index >= 15 is 0 Å². The smallest absolute Gasteiger partial charge is 0.166 e. The van der Waals surface area contributed by atoms with Gasteiger partial charge in [-0.3, -0.25) is 0 Å². The molecule has 1 saturated carbocycles. The van der Waals surface area contributed by atoms with E-state index in [0.717, 1.165) is 18.7 Å². The summed E-state index contributed by atoms with van der Waals surface area (Å²) in [6.07, 6.45) is 4.65. The minimum atomic E-state index is -0.291. The third-order valence-corrected chi connectivity index (χ3v) is 4.57. The molecule has 0 unspecified atom stereocenters. The lowest BCUT2D eigenvalue weighted by molar-refractivity contribution is 0.628. The maximum absolute atomic E-state index is 13.5. The molecule has 2 N–H and O–H groups in total. The van der Waals surface area contributed by atoms with E-state index < -0.39 is 0 Å². The minimum Gasteiger partial charge on any atom is -0.382 e. The highest BCUT2D eigenvalue weighted by Gasteiger charge is 2.23. The van der Waals surface area contributed by atoms with Gasteiger partial charge >= 0.3 is 0 Å². The van der Waals surface area contributed by atoms with Crippen molar-refractivity contribution < 1.29 is 4.39 Å². The molecular formula is C17H18FN5. The van der Waals surface area contributed by atoms with Crippen LogP contribution in [0.1, 0.15) is 37.4 Å². The third-order valence-electron chi connectivity index (χ3n) is 4.57. The van der Waals surface area contributed by atoms with Gasteiger partial charge in [0.2, 0.25) is 0 Å². The lowest BCUT2D eigenvalue weighted by atomic mass is 10.1. The molecule has 2 heterocycles. The van der Waals surface area contributed by atoms with Gasteiger partial charge in [-0.15, -0.1) is 0 Å². The summed E-state index contributed by atoms with van der Waals surface area (Å²) in [5, 5.41) is 0. The zero-order valence-corrected chi connectivity index (χ0v) is 13.0. The van der Waals surface area contributed by atoms with E-state index in [4.69, 9.17) is 10.7 Å². The number of aromatic nitrogens is 4. The Morgan fingerprint density at radius 3 is 2.70 bits per heavy atom. The van der Waals surface area contributed by atoms with Crippen LogP contribution in [0.3, 0.4) is 0 Å². The quantitative estimate of drug-likeness (QED) is 0.787. The van der Waals surface area contributed by atoms with Gasteiger partial charge in [-0.25, -0.2) is 19.3 Å². The Morgan fingerprint density at radius 2 is 1.96 bits per heavy atom. The summed E-state index contributed by atoms with van der Waals surface area (Å²) in [7, 11) is 1.88. The van der Waals surface area contributed by atoms with Crippen LogP contribution in [0, 0.1) is 5.82 Å². The fourth-order valence-corrected chi connectivity index (χ4v) is 3.35. The molecule has 1 aliphatic carbocycles. The highest BCUT2D eigenvalue weighted by atomic mass is 19.1. The van der Waals surface area contributed by atoms with E-state index in [1.165, 1.54) is 25.0 Å². The number of anilines is 1. The number of nitrogen functional groups attached to an aromatic ring is 1. The molecule has 118 valence electrons. The van der Waals surface area contributed by atoms with E-state index in [-0.39, 0.29) is 5.82 Å². The van der Waals surface area contributed by atoms with Gasteiger partial charge in [0.1, 0.15) is 17.5 Å². The average Bonchev–Trinajstić information content (AvgIpc) is 3.16. The van der Waals surface area contributed by atoms with Crippen molar-refractivity contribution in [3.8, 4) is 11.4 Å². The number of nitrogens with two attached hydrogens (primary N) is 1. The first-order chi connectivity index (χ1) is 11.1. The SMILES string of the molecule is Cn1c(-c2cccc(F)c2)nc2c(N)nc(C3CCCC3)nc21. The molecule has 6 heteroatoms. The second-order valence-electron chi connectivity index (χ2n) is 6.13. The second kappa shape index (κ2) is 5.30. The number of hydrogen-bond donors (Lipinski definition) is 1. The van der Waals surface area contributed by atoms with Gasteiger partial charge in [-0.1, -0.05) is 25.0 Å². The van der Waals surface area contributed by atoms with Crippen LogP contribution in [-0.4, -0.2) is 19.5 Å². The number of halogens is 1. The largest absolute Gasteiger partial charge is 0.382 e. The molecule has 3 aromatic rings. The monoisotopic (exact) mass is 311 g/mol. The van der Waals surface area contributed by atoms with Crippen molar-refractivity contribution in [2.45, 2.75) is 31.6 Å². The summed E-state index contributed by atoms with van der Waals surface area (Å²) in [6, 6.07) is 6.37. The van der Waals surface area contributed by atoms with Crippen molar-refractivity contribution in [3.05, 3.63) is 35.9 Å². The first-order valence-electron chi connectivity index (χ1n) is 7.89. The van der Waals surface area contributed by atoms with E-state index in [9.17, 15) is 4.39 Å². The lowest BCUT2D eigenvalue weighted by Gasteiger charge is -2.08. The number of rotatable bonds is 2. The van der Waals surface area contributed by atoms with Crippen LogP contribution in [0.2, 0.25) is 0 Å². The van der Waals surface area contributed by atoms with Crippen molar-refractivity contribution in [2.24, 2.45) is 7.05 Å². The van der Waals surface area contributed by atoms with E-state index in [0.29, 0.717) is 34.3 Å². The fourth-order valence-electron chi connectivity index (χ4n) is 3.35. The van der Waals surface area contributed by atoms with Gasteiger partial charge in [0, 0.05) is 18.5 Å². The van der Waals surface area contributed by atoms with Crippen molar-refractivity contribution >= 4 is 17.0 Å². The van der Waals surface area contributed by atoms with Gasteiger partial charge in [0.15, 0.2) is 17.0 Å². The molecular weight excluding hydrogens is 293 g/mol. The number of imidazole rings is 1. The highest BCUT2D eigenvalue weighted by molar-refractivity contribution is 5.85. The van der Waals surface area contributed by atoms with Crippen LogP contribution < -0.4 is 5.73 Å². The summed E-state index contributed by atoms with van der Waals surface area (Å²) in [5.41, 5.74) is 8.10. The number of hydrogen-bond acceptors (Lipinski definition) is 4. The molecule has 0 radical (unpaired) electrons. The van der Waals surface area contributed by atoms with Crippen molar-refractivity contribution in [1.82, 2.24) is 19.5 Å². The number of aryl methyl sites for hydroxylation is 1. The van der Waals surface area contributed by atoms with E-state index in [2.05, 4.69) is 9.97 Å². The van der Waals surface area contributed by atoms with Crippen LogP contribution in [-0.2, 0) is 7.05 Å². The molecule has 1 fully saturated rings. The Hall–Kier alpha value is -2.50. The van der Waals surface area contributed by atoms with Crippen LogP contribution in [0.4, 0.5) is 10.2 Å². The maximum Gasteiger partial charge on any atom is 0.166 e. The van der Waals surface area contributed by atoms with Crippen molar-refractivity contribution in [2.75, 3.05) is 5.73 Å². The first kappa shape index (κ1) is 14.1. The van der Waals surface area contributed by atoms with Crippen LogP contribution in [0.15, 0.2) is 24.3 Å². The van der Waals surface area contributed by atoms with Crippen LogP contribution in [0.25, 0.3) is 22.6 Å². The molecule has 1 aliphatic rings. The molecule has 0 amide bonds. The normalized spacial score (nSPS) is 15.6. The Labute approximate surface area is 133 Å². The molecule has 0 aliphatic heterocycles. The van der Waals surface area contributed by atoms with Gasteiger partial charge in [-0.2, -0.15) is 0 Å². The molecule has 5 nitrogen and oxygen atoms in total. The topological polar surface area (TPSA) is 69.6 Å². The van der Waals surface area contributed by atoms with Gasteiger partial charge in [-0.05, 0) is 25.0 Å².